The third kappa shape index (κ3) is 2.40. The van der Waals surface area contributed by atoms with Gasteiger partial charge in [-0.2, -0.15) is 0 Å². The first-order valence-corrected chi connectivity index (χ1v) is 3.19. The van der Waals surface area contributed by atoms with Crippen molar-refractivity contribution in [3.05, 3.63) is 24.5 Å². The molecule has 0 unspecified atom stereocenters. The number of rotatable bonds is 0. The molecule has 0 fully saturated rings. The van der Waals surface area contributed by atoms with E-state index in [-0.39, 0.29) is 24.8 Å². The van der Waals surface area contributed by atoms with Crippen LogP contribution in [0, 0.1) is 0 Å². The maximum absolute atomic E-state index is 5.44. The molecule has 0 aliphatic rings. The molecule has 2 aromatic heterocycles. The van der Waals surface area contributed by atoms with Crippen LogP contribution in [0.3, 0.4) is 0 Å². The van der Waals surface area contributed by atoms with Gasteiger partial charge in [-0.3, -0.25) is 4.98 Å². The summed E-state index contributed by atoms with van der Waals surface area (Å²) >= 11 is 0. The minimum Gasteiger partial charge on any atom is -0.384 e. The standard InChI is InChI=1S/C7H6N4.2ClH/c8-6-2-1-5-7(11-6)10-4-3-9-5;;/h1-4H,(H2,8,10,11);2*1H. The van der Waals surface area contributed by atoms with E-state index in [1.165, 1.54) is 0 Å². The van der Waals surface area contributed by atoms with Crippen LogP contribution < -0.4 is 5.73 Å². The zero-order valence-corrected chi connectivity index (χ0v) is 8.18. The summed E-state index contributed by atoms with van der Waals surface area (Å²) in [5.41, 5.74) is 6.80. The number of hydrogen-bond acceptors (Lipinski definition) is 4. The van der Waals surface area contributed by atoms with E-state index in [1.807, 2.05) is 0 Å². The van der Waals surface area contributed by atoms with Crippen molar-refractivity contribution >= 4 is 41.8 Å². The lowest BCUT2D eigenvalue weighted by molar-refractivity contribution is 1.23. The van der Waals surface area contributed by atoms with Gasteiger partial charge in [-0.25, -0.2) is 9.97 Å². The fourth-order valence-corrected chi connectivity index (χ4v) is 0.869. The molecule has 13 heavy (non-hydrogen) atoms. The van der Waals surface area contributed by atoms with E-state index in [0.29, 0.717) is 11.5 Å². The highest BCUT2D eigenvalue weighted by atomic mass is 35.5. The summed E-state index contributed by atoms with van der Waals surface area (Å²) in [6.07, 6.45) is 3.22. The molecule has 0 atom stereocenters. The van der Waals surface area contributed by atoms with Gasteiger partial charge in [0.05, 0.1) is 0 Å². The van der Waals surface area contributed by atoms with E-state index in [2.05, 4.69) is 15.0 Å². The van der Waals surface area contributed by atoms with Crippen LogP contribution in [0.4, 0.5) is 5.82 Å². The van der Waals surface area contributed by atoms with Crippen molar-refractivity contribution in [1.82, 2.24) is 15.0 Å². The van der Waals surface area contributed by atoms with E-state index < -0.39 is 0 Å². The van der Waals surface area contributed by atoms with E-state index in [9.17, 15) is 0 Å². The molecule has 0 radical (unpaired) electrons. The van der Waals surface area contributed by atoms with Gasteiger partial charge in [-0.15, -0.1) is 24.8 Å². The average Bonchev–Trinajstić information content (AvgIpc) is 2.04. The van der Waals surface area contributed by atoms with Crippen LogP contribution in [-0.2, 0) is 0 Å². The van der Waals surface area contributed by atoms with Gasteiger partial charge in [0.25, 0.3) is 0 Å². The number of nitrogen functional groups attached to an aromatic ring is 1. The second-order valence-corrected chi connectivity index (χ2v) is 2.14. The summed E-state index contributed by atoms with van der Waals surface area (Å²) in [5.74, 6) is 0.470. The Hall–Kier alpha value is -1.13. The van der Waals surface area contributed by atoms with Crippen LogP contribution in [0.15, 0.2) is 24.5 Å². The molecule has 0 saturated carbocycles. The fraction of sp³-hybridized carbons (Fsp3) is 0. The molecule has 0 aliphatic carbocycles. The lowest BCUT2D eigenvalue weighted by Crippen LogP contribution is -1.92. The van der Waals surface area contributed by atoms with Crippen LogP contribution >= 0.6 is 24.8 Å². The number of pyridine rings is 1. The number of nitrogens with two attached hydrogens (primary N) is 1. The van der Waals surface area contributed by atoms with Crippen molar-refractivity contribution < 1.29 is 0 Å². The van der Waals surface area contributed by atoms with Crippen molar-refractivity contribution in [3.8, 4) is 0 Å². The number of nitrogens with zero attached hydrogens (tertiary/aromatic N) is 3. The number of hydrogen-bond donors (Lipinski definition) is 1. The van der Waals surface area contributed by atoms with Gasteiger partial charge in [0.2, 0.25) is 0 Å². The van der Waals surface area contributed by atoms with Crippen LogP contribution in [0.1, 0.15) is 0 Å². The first-order chi connectivity index (χ1) is 5.36. The molecular formula is C7H8Cl2N4. The minimum absolute atomic E-state index is 0. The molecule has 0 aliphatic heterocycles. The Morgan fingerprint density at radius 2 is 1.69 bits per heavy atom. The van der Waals surface area contributed by atoms with Crippen LogP contribution in [0.25, 0.3) is 11.2 Å². The molecular weight excluding hydrogens is 211 g/mol. The van der Waals surface area contributed by atoms with Crippen LogP contribution in [0.2, 0.25) is 0 Å². The minimum atomic E-state index is 0. The number of fused-ring (bicyclic) bond motifs is 1. The molecule has 70 valence electrons. The highest BCUT2D eigenvalue weighted by molar-refractivity contribution is 5.85. The summed E-state index contributed by atoms with van der Waals surface area (Å²) < 4.78 is 0. The maximum Gasteiger partial charge on any atom is 0.180 e. The smallest absolute Gasteiger partial charge is 0.180 e. The van der Waals surface area contributed by atoms with Crippen molar-refractivity contribution in [1.29, 1.82) is 0 Å². The van der Waals surface area contributed by atoms with Crippen molar-refractivity contribution in [2.75, 3.05) is 5.73 Å². The lowest BCUT2D eigenvalue weighted by Gasteiger charge is -1.94. The molecule has 2 aromatic rings. The largest absolute Gasteiger partial charge is 0.384 e. The van der Waals surface area contributed by atoms with Crippen LogP contribution in [-0.4, -0.2) is 15.0 Å². The average molecular weight is 219 g/mol. The topological polar surface area (TPSA) is 64.7 Å². The summed E-state index contributed by atoms with van der Waals surface area (Å²) in [4.78, 5) is 12.0. The molecule has 0 saturated heterocycles. The Balaban J connectivity index is 0.000000720. The molecule has 2 rings (SSSR count). The molecule has 6 heteroatoms. The first-order valence-electron chi connectivity index (χ1n) is 3.19. The van der Waals surface area contributed by atoms with Crippen LogP contribution in [0.5, 0.6) is 0 Å². The quantitative estimate of drug-likeness (QED) is 0.728. The summed E-state index contributed by atoms with van der Waals surface area (Å²) in [5, 5.41) is 0. The Labute approximate surface area is 87.4 Å². The number of halogens is 2. The normalized spacial score (nSPS) is 8.62. The lowest BCUT2D eigenvalue weighted by atomic mass is 10.4. The van der Waals surface area contributed by atoms with Gasteiger partial charge >= 0.3 is 0 Å². The van der Waals surface area contributed by atoms with E-state index in [0.717, 1.165) is 5.52 Å². The van der Waals surface area contributed by atoms with Crippen molar-refractivity contribution in [3.63, 3.8) is 0 Å². The highest BCUT2D eigenvalue weighted by Crippen LogP contribution is 2.06. The van der Waals surface area contributed by atoms with Gasteiger partial charge in [0.15, 0.2) is 5.65 Å². The third-order valence-electron chi connectivity index (χ3n) is 1.35. The number of aromatic nitrogens is 3. The Morgan fingerprint density at radius 1 is 1.00 bits per heavy atom. The van der Waals surface area contributed by atoms with Crippen molar-refractivity contribution in [2.45, 2.75) is 0 Å². The first kappa shape index (κ1) is 11.9. The maximum atomic E-state index is 5.44. The monoisotopic (exact) mass is 218 g/mol. The zero-order chi connectivity index (χ0) is 7.68. The number of anilines is 1. The molecule has 0 amide bonds. The Morgan fingerprint density at radius 3 is 2.46 bits per heavy atom. The summed E-state index contributed by atoms with van der Waals surface area (Å²) in [7, 11) is 0. The second-order valence-electron chi connectivity index (χ2n) is 2.14. The van der Waals surface area contributed by atoms with E-state index in [1.54, 1.807) is 24.5 Å². The zero-order valence-electron chi connectivity index (χ0n) is 6.54. The highest BCUT2D eigenvalue weighted by Gasteiger charge is 1.94. The molecule has 4 nitrogen and oxygen atoms in total. The molecule has 2 N–H and O–H groups in total. The summed E-state index contributed by atoms with van der Waals surface area (Å²) in [6, 6.07) is 3.50. The Bertz CT molecular complexity index is 393. The molecule has 0 bridgehead atoms. The summed E-state index contributed by atoms with van der Waals surface area (Å²) in [6.45, 7) is 0. The van der Waals surface area contributed by atoms with Gasteiger partial charge in [-0.1, -0.05) is 0 Å². The van der Waals surface area contributed by atoms with E-state index in [4.69, 9.17) is 5.73 Å². The predicted octanol–water partition coefficient (Wildman–Crippen LogP) is 1.45. The van der Waals surface area contributed by atoms with E-state index >= 15 is 0 Å². The molecule has 2 heterocycles. The van der Waals surface area contributed by atoms with Gasteiger partial charge in [-0.05, 0) is 12.1 Å². The van der Waals surface area contributed by atoms with Gasteiger partial charge in [0, 0.05) is 12.4 Å². The molecule has 0 spiro atoms. The SMILES string of the molecule is Cl.Cl.Nc1ccc2nccnc2n1. The van der Waals surface area contributed by atoms with Gasteiger partial charge in [0.1, 0.15) is 11.3 Å². The molecule has 0 aromatic carbocycles. The third-order valence-corrected chi connectivity index (χ3v) is 1.35. The van der Waals surface area contributed by atoms with Gasteiger partial charge < -0.3 is 5.73 Å². The Kier molecular flexibility index (Phi) is 4.37. The van der Waals surface area contributed by atoms with Crippen molar-refractivity contribution in [2.24, 2.45) is 0 Å². The second kappa shape index (κ2) is 4.79. The predicted molar refractivity (Wildman–Crippen MR) is 56.2 cm³/mol. The fourth-order valence-electron chi connectivity index (χ4n) is 0.869.